The molecule has 0 aliphatic heterocycles. The van der Waals surface area contributed by atoms with Gasteiger partial charge in [0.05, 0.1) is 12.6 Å². The number of rotatable bonds is 3. The van der Waals surface area contributed by atoms with E-state index in [-0.39, 0.29) is 5.82 Å². The van der Waals surface area contributed by atoms with Crippen molar-refractivity contribution in [3.05, 3.63) is 59.5 Å². The maximum Gasteiger partial charge on any atom is 0.126 e. The summed E-state index contributed by atoms with van der Waals surface area (Å²) in [6.45, 7) is 6.08. The van der Waals surface area contributed by atoms with Gasteiger partial charge in [0.15, 0.2) is 0 Å². The highest BCUT2D eigenvalue weighted by Gasteiger charge is 2.15. The lowest BCUT2D eigenvalue weighted by molar-refractivity contribution is 0.415. The molecule has 0 unspecified atom stereocenters. The molecular weight excluding hydrogens is 289 g/mol. The van der Waals surface area contributed by atoms with Gasteiger partial charge in [-0.25, -0.2) is 4.39 Å². The normalized spacial score (nSPS) is 11.2. The van der Waals surface area contributed by atoms with Crippen molar-refractivity contribution in [2.45, 2.75) is 26.7 Å². The molecule has 2 aromatic carbocycles. The first-order valence-corrected chi connectivity index (χ1v) is 7.74. The third kappa shape index (κ3) is 2.79. The number of aromatic nitrogens is 1. The molecule has 3 rings (SSSR count). The third-order valence-corrected chi connectivity index (χ3v) is 4.17. The van der Waals surface area contributed by atoms with Crippen LogP contribution in [0.5, 0.6) is 5.75 Å². The summed E-state index contributed by atoms with van der Waals surface area (Å²) in [5, 5.41) is 1.06. The summed E-state index contributed by atoms with van der Waals surface area (Å²) in [7, 11) is 1.65. The molecule has 0 saturated carbocycles. The number of benzene rings is 2. The summed E-state index contributed by atoms with van der Waals surface area (Å²) in [4.78, 5) is 4.58. The number of nitrogens with zero attached hydrogens (tertiary/aromatic N) is 1. The summed E-state index contributed by atoms with van der Waals surface area (Å²) in [6.07, 6.45) is 1.92. The van der Waals surface area contributed by atoms with E-state index in [2.05, 4.69) is 18.8 Å². The molecule has 0 bridgehead atoms. The van der Waals surface area contributed by atoms with Crippen LogP contribution in [-0.2, 0) is 0 Å². The smallest absolute Gasteiger partial charge is 0.126 e. The van der Waals surface area contributed by atoms with Crippen molar-refractivity contribution in [3.8, 4) is 16.9 Å². The fraction of sp³-hybridized carbons (Fsp3) is 0.250. The van der Waals surface area contributed by atoms with Crippen molar-refractivity contribution in [1.82, 2.24) is 4.98 Å². The average Bonchev–Trinajstić information content (AvgIpc) is 2.55. The second-order valence-electron chi connectivity index (χ2n) is 6.09. The minimum atomic E-state index is -0.181. The van der Waals surface area contributed by atoms with Crippen LogP contribution < -0.4 is 4.74 Å². The van der Waals surface area contributed by atoms with Crippen LogP contribution in [0.3, 0.4) is 0 Å². The van der Waals surface area contributed by atoms with Crippen LogP contribution in [0.1, 0.15) is 30.9 Å². The molecule has 3 heteroatoms. The van der Waals surface area contributed by atoms with Crippen molar-refractivity contribution >= 4 is 10.9 Å². The van der Waals surface area contributed by atoms with Gasteiger partial charge in [0.2, 0.25) is 0 Å². The first kappa shape index (κ1) is 15.5. The lowest BCUT2D eigenvalue weighted by atomic mass is 9.90. The van der Waals surface area contributed by atoms with Gasteiger partial charge in [-0.2, -0.15) is 0 Å². The number of fused-ring (bicyclic) bond motifs is 1. The number of ether oxygens (including phenoxy) is 1. The quantitative estimate of drug-likeness (QED) is 0.639. The average molecular weight is 309 g/mol. The molecule has 0 spiro atoms. The Labute approximate surface area is 135 Å². The molecule has 0 aliphatic carbocycles. The molecule has 0 amide bonds. The third-order valence-electron chi connectivity index (χ3n) is 4.17. The zero-order chi connectivity index (χ0) is 16.6. The Bertz CT molecular complexity index is 871. The first-order valence-electron chi connectivity index (χ1n) is 7.74. The van der Waals surface area contributed by atoms with Crippen LogP contribution in [0.25, 0.3) is 22.0 Å². The molecule has 0 aliphatic rings. The monoisotopic (exact) mass is 309 g/mol. The van der Waals surface area contributed by atoms with Crippen molar-refractivity contribution in [2.24, 2.45) is 0 Å². The number of pyridine rings is 1. The lowest BCUT2D eigenvalue weighted by Crippen LogP contribution is -1.97. The summed E-state index contributed by atoms with van der Waals surface area (Å²) in [5.74, 6) is 0.928. The van der Waals surface area contributed by atoms with Gasteiger partial charge in [0.25, 0.3) is 0 Å². The molecule has 1 aromatic heterocycles. The van der Waals surface area contributed by atoms with E-state index in [1.54, 1.807) is 14.0 Å². The summed E-state index contributed by atoms with van der Waals surface area (Å²) in [6, 6.07) is 11.2. The molecular formula is C20H20FNO. The Kier molecular flexibility index (Phi) is 4.03. The Hall–Kier alpha value is -2.42. The molecule has 2 nitrogen and oxygen atoms in total. The van der Waals surface area contributed by atoms with Crippen molar-refractivity contribution < 1.29 is 9.13 Å². The predicted molar refractivity (Wildman–Crippen MR) is 92.5 cm³/mol. The molecule has 0 fully saturated rings. The van der Waals surface area contributed by atoms with Gasteiger partial charge < -0.3 is 4.74 Å². The molecule has 1 heterocycles. The van der Waals surface area contributed by atoms with Gasteiger partial charge in [0.1, 0.15) is 11.6 Å². The number of methoxy groups -OCH3 is 1. The minimum absolute atomic E-state index is 0.181. The Morgan fingerprint density at radius 3 is 2.52 bits per heavy atom. The number of hydrogen-bond acceptors (Lipinski definition) is 2. The van der Waals surface area contributed by atoms with Crippen LogP contribution >= 0.6 is 0 Å². The van der Waals surface area contributed by atoms with Crippen LogP contribution in [0.4, 0.5) is 4.39 Å². The Morgan fingerprint density at radius 2 is 1.87 bits per heavy atom. The summed E-state index contributed by atoms with van der Waals surface area (Å²) >= 11 is 0. The summed E-state index contributed by atoms with van der Waals surface area (Å²) < 4.78 is 18.9. The standard InChI is InChI=1S/C20H20FNO/c1-12(2)17-11-22-19-10-15(23-4)6-7-16(19)20(17)14-5-8-18(21)13(3)9-14/h5-12H,1-4H3. The number of aryl methyl sites for hydroxylation is 1. The zero-order valence-electron chi connectivity index (χ0n) is 13.9. The second-order valence-corrected chi connectivity index (χ2v) is 6.09. The van der Waals surface area contributed by atoms with Gasteiger partial charge >= 0.3 is 0 Å². The Balaban J connectivity index is 2.34. The van der Waals surface area contributed by atoms with E-state index in [1.807, 2.05) is 36.5 Å². The van der Waals surface area contributed by atoms with Gasteiger partial charge in [-0.05, 0) is 59.4 Å². The van der Waals surface area contributed by atoms with Gasteiger partial charge in [-0.3, -0.25) is 4.98 Å². The van der Waals surface area contributed by atoms with Crippen LogP contribution in [0.15, 0.2) is 42.6 Å². The Morgan fingerprint density at radius 1 is 1.09 bits per heavy atom. The SMILES string of the molecule is COc1ccc2c(-c3ccc(F)c(C)c3)c(C(C)C)cnc2c1. The maximum atomic E-state index is 13.7. The minimum Gasteiger partial charge on any atom is -0.497 e. The van der Waals surface area contributed by atoms with Crippen LogP contribution in [0, 0.1) is 12.7 Å². The van der Waals surface area contributed by atoms with E-state index in [9.17, 15) is 4.39 Å². The van der Waals surface area contributed by atoms with Crippen molar-refractivity contribution in [1.29, 1.82) is 0 Å². The second kappa shape index (κ2) is 5.99. The highest BCUT2D eigenvalue weighted by Crippen LogP contribution is 2.36. The van der Waals surface area contributed by atoms with E-state index in [1.165, 1.54) is 6.07 Å². The molecule has 0 atom stereocenters. The molecule has 3 aromatic rings. The van der Waals surface area contributed by atoms with Gasteiger partial charge in [0, 0.05) is 17.6 Å². The molecule has 0 radical (unpaired) electrons. The van der Waals surface area contributed by atoms with Crippen molar-refractivity contribution in [2.75, 3.05) is 7.11 Å². The van der Waals surface area contributed by atoms with E-state index < -0.39 is 0 Å². The zero-order valence-corrected chi connectivity index (χ0v) is 13.9. The molecule has 118 valence electrons. The lowest BCUT2D eigenvalue weighted by Gasteiger charge is -2.16. The highest BCUT2D eigenvalue weighted by molar-refractivity contribution is 5.97. The molecule has 23 heavy (non-hydrogen) atoms. The predicted octanol–water partition coefficient (Wildman–Crippen LogP) is 5.48. The molecule has 0 N–H and O–H groups in total. The fourth-order valence-electron chi connectivity index (χ4n) is 2.88. The number of hydrogen-bond donors (Lipinski definition) is 0. The topological polar surface area (TPSA) is 22.1 Å². The number of halogens is 1. The highest BCUT2D eigenvalue weighted by atomic mass is 19.1. The molecule has 0 saturated heterocycles. The van der Waals surface area contributed by atoms with E-state index in [4.69, 9.17) is 4.74 Å². The van der Waals surface area contributed by atoms with Gasteiger partial charge in [-0.1, -0.05) is 19.9 Å². The first-order chi connectivity index (χ1) is 11.0. The van der Waals surface area contributed by atoms with E-state index in [0.29, 0.717) is 11.5 Å². The largest absolute Gasteiger partial charge is 0.497 e. The summed E-state index contributed by atoms with van der Waals surface area (Å²) in [5.41, 5.74) is 4.83. The van der Waals surface area contributed by atoms with Crippen molar-refractivity contribution in [3.63, 3.8) is 0 Å². The fourth-order valence-corrected chi connectivity index (χ4v) is 2.88. The van der Waals surface area contributed by atoms with Gasteiger partial charge in [-0.15, -0.1) is 0 Å². The van der Waals surface area contributed by atoms with E-state index in [0.717, 1.165) is 33.3 Å². The van der Waals surface area contributed by atoms with Crippen LogP contribution in [-0.4, -0.2) is 12.1 Å². The van der Waals surface area contributed by atoms with E-state index >= 15 is 0 Å². The maximum absolute atomic E-state index is 13.7. The van der Waals surface area contributed by atoms with Crippen LogP contribution in [0.2, 0.25) is 0 Å².